The molecule has 2 nitrogen and oxygen atoms in total. The first kappa shape index (κ1) is 21.4. The zero-order valence-corrected chi connectivity index (χ0v) is 19.4. The maximum Gasteiger partial charge on any atom is 0.0994 e. The first-order valence-corrected chi connectivity index (χ1v) is 11.5. The van der Waals surface area contributed by atoms with Crippen LogP contribution in [0.4, 0.5) is 0 Å². The van der Waals surface area contributed by atoms with E-state index < -0.39 is 0 Å². The van der Waals surface area contributed by atoms with Crippen molar-refractivity contribution < 1.29 is 0 Å². The summed E-state index contributed by atoms with van der Waals surface area (Å²) in [4.78, 5) is 0. The zero-order valence-electron chi connectivity index (χ0n) is 19.4. The molecule has 0 saturated carbocycles. The molecule has 0 atom stereocenters. The minimum Gasteiger partial charge on any atom is -0.192 e. The van der Waals surface area contributed by atoms with Crippen LogP contribution < -0.4 is 0 Å². The zero-order chi connectivity index (χ0) is 23.7. The molecule has 0 unspecified atom stereocenters. The molecule has 0 aliphatic rings. The van der Waals surface area contributed by atoms with Crippen molar-refractivity contribution in [3.05, 3.63) is 129 Å². The van der Waals surface area contributed by atoms with Gasteiger partial charge in [0, 0.05) is 0 Å². The molecule has 0 N–H and O–H groups in total. The quantitative estimate of drug-likeness (QED) is 0.292. The highest BCUT2D eigenvalue weighted by Crippen LogP contribution is 2.26. The molecule has 0 amide bonds. The molecule has 5 aromatic carbocycles. The molecule has 162 valence electrons. The largest absolute Gasteiger partial charge is 0.192 e. The number of hydrogen-bond acceptors (Lipinski definition) is 2. The van der Waals surface area contributed by atoms with Crippen molar-refractivity contribution in [1.82, 2.24) is 0 Å². The van der Waals surface area contributed by atoms with Crippen molar-refractivity contribution in [2.45, 2.75) is 26.7 Å². The van der Waals surface area contributed by atoms with E-state index in [1.165, 1.54) is 32.7 Å². The smallest absolute Gasteiger partial charge is 0.0994 e. The molecule has 2 heteroatoms. The lowest BCUT2D eigenvalue weighted by Gasteiger charge is -2.12. The Bertz CT molecular complexity index is 1520. The Morgan fingerprint density at radius 1 is 0.500 bits per heavy atom. The Hall–Kier alpha value is -4.40. The second-order valence-electron chi connectivity index (χ2n) is 9.11. The maximum atomic E-state index is 9.89. The molecule has 0 saturated heterocycles. The van der Waals surface area contributed by atoms with Crippen LogP contribution in [0.5, 0.6) is 0 Å². The molecule has 0 aliphatic carbocycles. The Labute approximate surface area is 200 Å². The van der Waals surface area contributed by atoms with Crippen molar-refractivity contribution in [1.29, 1.82) is 10.5 Å². The summed E-state index contributed by atoms with van der Waals surface area (Å²) in [7, 11) is 0. The molecule has 0 aliphatic heterocycles. The van der Waals surface area contributed by atoms with E-state index in [2.05, 4.69) is 98.8 Å². The van der Waals surface area contributed by atoms with Crippen LogP contribution in [0.3, 0.4) is 0 Å². The number of benzene rings is 5. The fourth-order valence-electron chi connectivity index (χ4n) is 4.68. The van der Waals surface area contributed by atoms with Gasteiger partial charge in [0.1, 0.15) is 0 Å². The van der Waals surface area contributed by atoms with Crippen LogP contribution in [0.25, 0.3) is 21.5 Å². The summed E-state index contributed by atoms with van der Waals surface area (Å²) in [5, 5.41) is 24.6. The number of aryl methyl sites for hydroxylation is 2. The lowest BCUT2D eigenvalue weighted by atomic mass is 9.91. The molecule has 0 spiro atoms. The maximum absolute atomic E-state index is 9.89. The van der Waals surface area contributed by atoms with E-state index in [4.69, 9.17) is 0 Å². The van der Waals surface area contributed by atoms with E-state index in [1.54, 1.807) is 0 Å². The first-order chi connectivity index (χ1) is 16.5. The van der Waals surface area contributed by atoms with Crippen molar-refractivity contribution in [3.8, 4) is 12.1 Å². The van der Waals surface area contributed by atoms with Gasteiger partial charge in [-0.15, -0.1) is 0 Å². The second-order valence-corrected chi connectivity index (χ2v) is 9.11. The van der Waals surface area contributed by atoms with Gasteiger partial charge in [-0.05, 0) is 82.6 Å². The van der Waals surface area contributed by atoms with Gasteiger partial charge in [-0.1, -0.05) is 83.9 Å². The van der Waals surface area contributed by atoms with Crippen LogP contribution >= 0.6 is 0 Å². The Morgan fingerprint density at radius 3 is 1.29 bits per heavy atom. The molecular weight excluding hydrogens is 412 g/mol. The van der Waals surface area contributed by atoms with Crippen molar-refractivity contribution in [2.75, 3.05) is 0 Å². The lowest BCUT2D eigenvalue weighted by Crippen LogP contribution is -2.00. The summed E-state index contributed by atoms with van der Waals surface area (Å²) in [5.41, 5.74) is 7.80. The number of nitriles is 2. The Balaban J connectivity index is 1.48. The number of nitrogens with zero attached hydrogens (tertiary/aromatic N) is 2. The average Bonchev–Trinajstić information content (AvgIpc) is 2.84. The summed E-state index contributed by atoms with van der Waals surface area (Å²) >= 11 is 0. The highest BCUT2D eigenvalue weighted by atomic mass is 14.3. The monoisotopic (exact) mass is 436 g/mol. The molecule has 5 aromatic rings. The van der Waals surface area contributed by atoms with E-state index in [-0.39, 0.29) is 0 Å². The summed E-state index contributed by atoms with van der Waals surface area (Å²) in [6, 6.07) is 34.2. The summed E-state index contributed by atoms with van der Waals surface area (Å²) in [6.07, 6.45) is 1.24. The number of rotatable bonds is 4. The standard InChI is InChI=1S/C32H24N2/c1-21-3-7-27-13-23(5-9-25(27)11-21)15-29-17-32(20-34)30(18-31(29)19-33)16-24-6-10-26-12-22(2)4-8-28(26)14-24/h3-14,17-18H,15-16H2,1-2H3. The average molecular weight is 437 g/mol. The van der Waals surface area contributed by atoms with Crippen molar-refractivity contribution in [3.63, 3.8) is 0 Å². The van der Waals surface area contributed by atoms with Crippen molar-refractivity contribution >= 4 is 21.5 Å². The van der Waals surface area contributed by atoms with Crippen LogP contribution in [0, 0.1) is 36.5 Å². The van der Waals surface area contributed by atoms with E-state index in [0.717, 1.165) is 22.3 Å². The lowest BCUT2D eigenvalue weighted by molar-refractivity contribution is 1.13. The van der Waals surface area contributed by atoms with E-state index in [0.29, 0.717) is 24.0 Å². The summed E-state index contributed by atoms with van der Waals surface area (Å²) in [5.74, 6) is 0. The molecule has 0 radical (unpaired) electrons. The van der Waals surface area contributed by atoms with E-state index in [1.807, 2.05) is 12.1 Å². The van der Waals surface area contributed by atoms with E-state index >= 15 is 0 Å². The van der Waals surface area contributed by atoms with Gasteiger partial charge < -0.3 is 0 Å². The molecule has 0 aromatic heterocycles. The van der Waals surface area contributed by atoms with Crippen molar-refractivity contribution in [2.24, 2.45) is 0 Å². The van der Waals surface area contributed by atoms with Gasteiger partial charge in [0.25, 0.3) is 0 Å². The predicted octanol–water partition coefficient (Wildman–Crippen LogP) is 7.53. The van der Waals surface area contributed by atoms with E-state index in [9.17, 15) is 10.5 Å². The van der Waals surface area contributed by atoms with Gasteiger partial charge >= 0.3 is 0 Å². The van der Waals surface area contributed by atoms with Gasteiger partial charge in [-0.25, -0.2) is 0 Å². The third-order valence-corrected chi connectivity index (χ3v) is 6.48. The highest BCUT2D eigenvalue weighted by Gasteiger charge is 2.12. The third kappa shape index (κ3) is 4.27. The molecule has 34 heavy (non-hydrogen) atoms. The fraction of sp³-hybridized carbons (Fsp3) is 0.125. The van der Waals surface area contributed by atoms with Gasteiger partial charge in [-0.2, -0.15) is 10.5 Å². The second kappa shape index (κ2) is 8.86. The fourth-order valence-corrected chi connectivity index (χ4v) is 4.68. The topological polar surface area (TPSA) is 47.6 Å². The third-order valence-electron chi connectivity index (χ3n) is 6.48. The normalized spacial score (nSPS) is 10.8. The molecule has 0 fully saturated rings. The molecule has 5 rings (SSSR count). The van der Waals surface area contributed by atoms with Gasteiger partial charge in [-0.3, -0.25) is 0 Å². The van der Waals surface area contributed by atoms with Gasteiger partial charge in [0.2, 0.25) is 0 Å². The molecule has 0 bridgehead atoms. The number of hydrogen-bond donors (Lipinski definition) is 0. The van der Waals surface area contributed by atoms with Gasteiger partial charge in [0.05, 0.1) is 23.3 Å². The van der Waals surface area contributed by atoms with Crippen LogP contribution in [0.2, 0.25) is 0 Å². The van der Waals surface area contributed by atoms with Crippen LogP contribution in [-0.4, -0.2) is 0 Å². The van der Waals surface area contributed by atoms with Crippen LogP contribution in [0.15, 0.2) is 84.9 Å². The Kier molecular flexibility index (Phi) is 5.59. The summed E-state index contributed by atoms with van der Waals surface area (Å²) in [6.45, 7) is 4.19. The SMILES string of the molecule is Cc1ccc2cc(Cc3cc(C#N)c(Cc4ccc5cc(C)ccc5c4)cc3C#N)ccc2c1. The van der Waals surface area contributed by atoms with Crippen LogP contribution in [0.1, 0.15) is 44.5 Å². The summed E-state index contributed by atoms with van der Waals surface area (Å²) < 4.78 is 0. The molecule has 0 heterocycles. The van der Waals surface area contributed by atoms with Gasteiger partial charge in [0.15, 0.2) is 0 Å². The number of fused-ring (bicyclic) bond motifs is 2. The van der Waals surface area contributed by atoms with Crippen LogP contribution in [-0.2, 0) is 12.8 Å². The first-order valence-electron chi connectivity index (χ1n) is 11.5. The molecular formula is C32H24N2. The Morgan fingerprint density at radius 2 is 0.882 bits per heavy atom. The minimum atomic E-state index is 0.622. The predicted molar refractivity (Wildman–Crippen MR) is 139 cm³/mol. The minimum absolute atomic E-state index is 0.622. The highest BCUT2D eigenvalue weighted by molar-refractivity contribution is 5.84.